The minimum Gasteiger partial charge on any atom is -0.497 e. The van der Waals surface area contributed by atoms with Gasteiger partial charge in [-0.15, -0.1) is 5.10 Å². The second-order valence-corrected chi connectivity index (χ2v) is 8.34. The van der Waals surface area contributed by atoms with E-state index in [0.29, 0.717) is 29.0 Å². The van der Waals surface area contributed by atoms with Gasteiger partial charge in [0.25, 0.3) is 5.82 Å². The van der Waals surface area contributed by atoms with Gasteiger partial charge in [-0.05, 0) is 42.5 Å². The molecule has 1 aromatic heterocycles. The van der Waals surface area contributed by atoms with Gasteiger partial charge in [-0.2, -0.15) is 18.2 Å². The van der Waals surface area contributed by atoms with Crippen molar-refractivity contribution in [3.8, 4) is 5.75 Å². The summed E-state index contributed by atoms with van der Waals surface area (Å²) in [4.78, 5) is 17.1. The van der Waals surface area contributed by atoms with Crippen molar-refractivity contribution in [2.24, 2.45) is 0 Å². The molecule has 2 aromatic carbocycles. The fourth-order valence-electron chi connectivity index (χ4n) is 4.59. The number of fused-ring (bicyclic) bond motifs is 1. The highest BCUT2D eigenvalue weighted by Gasteiger charge is 2.43. The third-order valence-electron chi connectivity index (χ3n) is 6.12. The highest BCUT2D eigenvalue weighted by atomic mass is 19.4. The Kier molecular flexibility index (Phi) is 4.99. The van der Waals surface area contributed by atoms with Crippen LogP contribution in [0.4, 0.5) is 19.1 Å². The minimum absolute atomic E-state index is 0.0178. The highest BCUT2D eigenvalue weighted by Crippen LogP contribution is 2.45. The number of hydrogen-bond acceptors (Lipinski definition) is 5. The van der Waals surface area contributed by atoms with Crippen LogP contribution in [-0.4, -0.2) is 27.7 Å². The van der Waals surface area contributed by atoms with Gasteiger partial charge in [-0.25, -0.2) is 4.68 Å². The lowest BCUT2D eigenvalue weighted by Crippen LogP contribution is -2.33. The largest absolute Gasteiger partial charge is 0.497 e. The maximum Gasteiger partial charge on any atom is 0.453 e. The van der Waals surface area contributed by atoms with Crippen LogP contribution in [0.1, 0.15) is 47.3 Å². The van der Waals surface area contributed by atoms with Gasteiger partial charge in [0.05, 0.1) is 7.11 Å². The quantitative estimate of drug-likeness (QED) is 0.601. The molecule has 0 radical (unpaired) electrons. The predicted molar refractivity (Wildman–Crippen MR) is 115 cm³/mol. The molecule has 0 saturated carbocycles. The number of carbonyl (C=O) groups is 1. The Morgan fingerprint density at radius 1 is 1.09 bits per heavy atom. The number of nitrogens with one attached hydrogen (secondary N) is 1. The van der Waals surface area contributed by atoms with Gasteiger partial charge in [0.2, 0.25) is 5.95 Å². The molecular formula is C24H21F3N4O2. The first-order chi connectivity index (χ1) is 15.7. The lowest BCUT2D eigenvalue weighted by Gasteiger charge is -2.35. The number of aromatic nitrogens is 3. The van der Waals surface area contributed by atoms with Crippen LogP contribution in [-0.2, 0) is 11.0 Å². The molecule has 3 aromatic rings. The van der Waals surface area contributed by atoms with E-state index in [2.05, 4.69) is 15.4 Å². The van der Waals surface area contributed by atoms with Gasteiger partial charge in [-0.1, -0.05) is 42.0 Å². The summed E-state index contributed by atoms with van der Waals surface area (Å²) in [5, 5.41) is 6.73. The Labute approximate surface area is 188 Å². The van der Waals surface area contributed by atoms with Crippen LogP contribution in [0.2, 0.25) is 0 Å². The van der Waals surface area contributed by atoms with Gasteiger partial charge in [0, 0.05) is 17.7 Å². The first-order valence-electron chi connectivity index (χ1n) is 10.5. The fourth-order valence-corrected chi connectivity index (χ4v) is 4.59. The number of alkyl halides is 3. The van der Waals surface area contributed by atoms with Crippen LogP contribution in [0, 0.1) is 6.92 Å². The first-order valence-corrected chi connectivity index (χ1v) is 10.5. The van der Waals surface area contributed by atoms with Crippen molar-refractivity contribution in [2.75, 3.05) is 12.4 Å². The van der Waals surface area contributed by atoms with Crippen molar-refractivity contribution in [3.63, 3.8) is 0 Å². The Morgan fingerprint density at radius 2 is 1.85 bits per heavy atom. The SMILES string of the molecule is COc1ccc([C@@H]2CC(=O)C3=C(C2)Nc2nc(C(F)(F)F)nn2[C@H]3c2cccc(C)c2)cc1. The van der Waals surface area contributed by atoms with E-state index in [0.717, 1.165) is 11.1 Å². The highest BCUT2D eigenvalue weighted by molar-refractivity contribution is 6.00. The maximum absolute atomic E-state index is 13.4. The number of benzene rings is 2. The van der Waals surface area contributed by atoms with E-state index < -0.39 is 18.0 Å². The molecule has 33 heavy (non-hydrogen) atoms. The summed E-state index contributed by atoms with van der Waals surface area (Å²) in [6, 6.07) is 14.1. The molecule has 0 saturated heterocycles. The van der Waals surface area contributed by atoms with Gasteiger partial charge in [-0.3, -0.25) is 4.79 Å². The fraction of sp³-hybridized carbons (Fsp3) is 0.292. The molecule has 9 heteroatoms. The van der Waals surface area contributed by atoms with Crippen LogP contribution in [0.15, 0.2) is 59.8 Å². The summed E-state index contributed by atoms with van der Waals surface area (Å²) >= 11 is 0. The van der Waals surface area contributed by atoms with E-state index in [-0.39, 0.29) is 24.1 Å². The number of carbonyl (C=O) groups excluding carboxylic acids is 1. The van der Waals surface area contributed by atoms with Crippen molar-refractivity contribution in [1.29, 1.82) is 0 Å². The molecule has 5 rings (SSSR count). The molecule has 2 atom stereocenters. The molecule has 0 spiro atoms. The molecule has 2 aliphatic rings. The number of nitrogens with zero attached hydrogens (tertiary/aromatic N) is 3. The Bertz CT molecular complexity index is 1260. The lowest BCUT2D eigenvalue weighted by atomic mass is 9.78. The van der Waals surface area contributed by atoms with Crippen LogP contribution >= 0.6 is 0 Å². The third kappa shape index (κ3) is 3.77. The molecule has 0 amide bonds. The summed E-state index contributed by atoms with van der Waals surface area (Å²) < 4.78 is 46.6. The second kappa shape index (κ2) is 7.75. The van der Waals surface area contributed by atoms with Crippen molar-refractivity contribution in [3.05, 3.63) is 82.3 Å². The molecular weight excluding hydrogens is 433 g/mol. The van der Waals surface area contributed by atoms with Gasteiger partial charge in [0.15, 0.2) is 5.78 Å². The summed E-state index contributed by atoms with van der Waals surface area (Å²) in [5.41, 5.74) is 3.63. The van der Waals surface area contributed by atoms with Crippen molar-refractivity contribution >= 4 is 11.7 Å². The molecule has 0 unspecified atom stereocenters. The van der Waals surface area contributed by atoms with E-state index in [9.17, 15) is 18.0 Å². The standard InChI is InChI=1S/C24H21F3N4O2/c1-13-4-3-5-15(10-13)21-20-18(28-23-29-22(24(25,26)27)30-31(21)23)11-16(12-19(20)32)14-6-8-17(33-2)9-7-14/h3-10,16,21H,11-12H2,1-2H3,(H,28,29,30)/t16-,21-/m0/s1. The number of rotatable bonds is 3. The van der Waals surface area contributed by atoms with Crippen molar-refractivity contribution < 1.29 is 22.7 Å². The average Bonchev–Trinajstić information content (AvgIpc) is 3.22. The minimum atomic E-state index is -4.70. The van der Waals surface area contributed by atoms with Crippen LogP contribution in [0.3, 0.4) is 0 Å². The average molecular weight is 454 g/mol. The zero-order valence-corrected chi connectivity index (χ0v) is 18.0. The molecule has 170 valence electrons. The van der Waals surface area contributed by atoms with Crippen molar-refractivity contribution in [2.45, 2.75) is 37.9 Å². The summed E-state index contributed by atoms with van der Waals surface area (Å²) in [6.07, 6.45) is -3.96. The lowest BCUT2D eigenvalue weighted by molar-refractivity contribution is -0.145. The molecule has 1 aliphatic carbocycles. The normalized spacial score (nSPS) is 20.2. The molecule has 1 aliphatic heterocycles. The van der Waals surface area contributed by atoms with E-state index >= 15 is 0 Å². The first kappa shape index (κ1) is 21.2. The number of anilines is 1. The van der Waals surface area contributed by atoms with E-state index in [1.54, 1.807) is 13.2 Å². The Morgan fingerprint density at radius 3 is 2.52 bits per heavy atom. The molecule has 2 heterocycles. The van der Waals surface area contributed by atoms with Crippen LogP contribution in [0.25, 0.3) is 0 Å². The maximum atomic E-state index is 13.4. The molecule has 1 N–H and O–H groups in total. The summed E-state index contributed by atoms with van der Waals surface area (Å²) in [6.45, 7) is 1.89. The third-order valence-corrected chi connectivity index (χ3v) is 6.12. The molecule has 0 fully saturated rings. The predicted octanol–water partition coefficient (Wildman–Crippen LogP) is 5.03. The zero-order chi connectivity index (χ0) is 23.3. The van der Waals surface area contributed by atoms with E-state index in [1.165, 1.54) is 4.68 Å². The number of hydrogen-bond donors (Lipinski definition) is 1. The molecule has 0 bridgehead atoms. The monoisotopic (exact) mass is 454 g/mol. The summed E-state index contributed by atoms with van der Waals surface area (Å²) in [7, 11) is 1.58. The van der Waals surface area contributed by atoms with Crippen LogP contribution < -0.4 is 10.1 Å². The van der Waals surface area contributed by atoms with E-state index in [4.69, 9.17) is 4.74 Å². The smallest absolute Gasteiger partial charge is 0.453 e. The number of allylic oxidation sites excluding steroid dienone is 2. The number of ketones is 1. The molecule has 6 nitrogen and oxygen atoms in total. The Balaban J connectivity index is 1.60. The van der Waals surface area contributed by atoms with Crippen LogP contribution in [0.5, 0.6) is 5.75 Å². The summed E-state index contributed by atoms with van der Waals surface area (Å²) in [5.74, 6) is -0.767. The van der Waals surface area contributed by atoms with Crippen molar-refractivity contribution in [1.82, 2.24) is 14.8 Å². The van der Waals surface area contributed by atoms with Gasteiger partial charge in [0.1, 0.15) is 11.8 Å². The number of ether oxygens (including phenoxy) is 1. The Hall–Kier alpha value is -3.62. The second-order valence-electron chi connectivity index (χ2n) is 8.34. The van der Waals surface area contributed by atoms with E-state index in [1.807, 2.05) is 49.4 Å². The van der Waals surface area contributed by atoms with Gasteiger partial charge < -0.3 is 10.1 Å². The number of aryl methyl sites for hydroxylation is 1. The van der Waals surface area contributed by atoms with Gasteiger partial charge >= 0.3 is 6.18 Å². The number of halogens is 3. The number of Topliss-reactive ketones (excluding diaryl/α,β-unsaturated/α-hetero) is 1. The topological polar surface area (TPSA) is 69.0 Å². The number of methoxy groups -OCH3 is 1. The zero-order valence-electron chi connectivity index (χ0n) is 18.0.